The third-order valence-corrected chi connectivity index (χ3v) is 5.65. The van der Waals surface area contributed by atoms with Crippen molar-refractivity contribution in [3.05, 3.63) is 46.8 Å². The lowest BCUT2D eigenvalue weighted by Crippen LogP contribution is -2.35. The Bertz CT molecular complexity index is 1020. The lowest BCUT2D eigenvalue weighted by molar-refractivity contribution is 0.101. The second-order valence-corrected chi connectivity index (χ2v) is 9.20. The third-order valence-electron chi connectivity index (χ3n) is 4.35. The Kier molecular flexibility index (Phi) is 6.73. The molecule has 2 amide bonds. The van der Waals surface area contributed by atoms with Crippen LogP contribution in [0.3, 0.4) is 0 Å². The van der Waals surface area contributed by atoms with Gasteiger partial charge in [0.15, 0.2) is 5.78 Å². The summed E-state index contributed by atoms with van der Waals surface area (Å²) in [4.78, 5) is 23.7. The molecule has 0 aliphatic carbocycles. The molecule has 2 N–H and O–H groups in total. The highest BCUT2D eigenvalue weighted by Crippen LogP contribution is 2.33. The van der Waals surface area contributed by atoms with Crippen molar-refractivity contribution in [3.63, 3.8) is 0 Å². The zero-order valence-corrected chi connectivity index (χ0v) is 18.2. The van der Waals surface area contributed by atoms with Crippen molar-refractivity contribution in [2.75, 3.05) is 5.32 Å². The van der Waals surface area contributed by atoms with Gasteiger partial charge in [0.1, 0.15) is 10.6 Å². The molecule has 1 heterocycles. The summed E-state index contributed by atoms with van der Waals surface area (Å²) in [6.45, 7) is 11.2. The minimum Gasteiger partial charge on any atom is -0.307 e. The van der Waals surface area contributed by atoms with E-state index >= 15 is 0 Å². The van der Waals surface area contributed by atoms with Gasteiger partial charge < -0.3 is 5.32 Å². The number of rotatable bonds is 6. The fourth-order valence-electron chi connectivity index (χ4n) is 2.89. The highest BCUT2D eigenvalue weighted by atomic mass is 32.2. The van der Waals surface area contributed by atoms with E-state index in [1.807, 2.05) is 51.5 Å². The van der Waals surface area contributed by atoms with Crippen LogP contribution in [-0.2, 0) is 10.0 Å². The quantitative estimate of drug-likeness (QED) is 0.690. The number of benzene rings is 1. The van der Waals surface area contributed by atoms with E-state index in [4.69, 9.17) is 0 Å². The predicted molar refractivity (Wildman–Crippen MR) is 111 cm³/mol. The first kappa shape index (κ1) is 22.5. The van der Waals surface area contributed by atoms with Gasteiger partial charge in [0.05, 0.1) is 6.20 Å². The molecule has 2 rings (SSSR count). The summed E-state index contributed by atoms with van der Waals surface area (Å²) in [5.74, 6) is -0.175. The number of carbonyl (C=O) groups is 2. The van der Waals surface area contributed by atoms with E-state index in [-0.39, 0.29) is 22.4 Å². The van der Waals surface area contributed by atoms with E-state index in [1.165, 1.54) is 6.92 Å². The lowest BCUT2D eigenvalue weighted by atomic mass is 9.90. The lowest BCUT2D eigenvalue weighted by Gasteiger charge is -2.21. The van der Waals surface area contributed by atoms with Crippen molar-refractivity contribution < 1.29 is 18.0 Å². The molecule has 156 valence electrons. The monoisotopic (exact) mass is 418 g/mol. The molecule has 8 nitrogen and oxygen atoms in total. The highest BCUT2D eigenvalue weighted by molar-refractivity contribution is 7.90. The van der Waals surface area contributed by atoms with E-state index in [0.717, 1.165) is 29.0 Å². The number of hydrogen-bond acceptors (Lipinski definition) is 6. The summed E-state index contributed by atoms with van der Waals surface area (Å²) in [6.07, 6.45) is 0.979. The first-order valence-corrected chi connectivity index (χ1v) is 10.7. The number of urea groups is 1. The van der Waals surface area contributed by atoms with Crippen LogP contribution in [0.5, 0.6) is 0 Å². The molecule has 1 aromatic heterocycles. The number of hydrogen-bond donors (Lipinski definition) is 2. The molecule has 0 aliphatic heterocycles. The van der Waals surface area contributed by atoms with Gasteiger partial charge >= 0.3 is 6.03 Å². The SMILES string of the molecule is CC(=O)c1cc(S(=O)(=O)NC(=O)Nc2c(C(C)C)cc(C)cc2C(C)C)cnn1. The third kappa shape index (κ3) is 5.38. The Morgan fingerprint density at radius 1 is 1.00 bits per heavy atom. The number of nitrogens with one attached hydrogen (secondary N) is 2. The Morgan fingerprint density at radius 3 is 2.03 bits per heavy atom. The minimum atomic E-state index is -4.23. The number of carbonyl (C=O) groups excluding carboxylic acids is 2. The van der Waals surface area contributed by atoms with Gasteiger partial charge in [-0.2, -0.15) is 5.10 Å². The zero-order chi connectivity index (χ0) is 21.9. The van der Waals surface area contributed by atoms with Crippen LogP contribution in [-0.4, -0.2) is 30.4 Å². The number of sulfonamides is 1. The van der Waals surface area contributed by atoms with Crippen LogP contribution in [0.2, 0.25) is 0 Å². The number of amides is 2. The van der Waals surface area contributed by atoms with Gasteiger partial charge in [-0.1, -0.05) is 45.4 Å². The van der Waals surface area contributed by atoms with Crippen LogP contribution in [0.15, 0.2) is 29.3 Å². The molecule has 0 spiro atoms. The van der Waals surface area contributed by atoms with Crippen molar-refractivity contribution in [1.29, 1.82) is 0 Å². The molecule has 9 heteroatoms. The van der Waals surface area contributed by atoms with E-state index in [0.29, 0.717) is 5.69 Å². The summed E-state index contributed by atoms with van der Waals surface area (Å²) < 4.78 is 27.1. The van der Waals surface area contributed by atoms with Crippen molar-refractivity contribution in [2.45, 2.75) is 58.3 Å². The molecule has 0 bridgehead atoms. The summed E-state index contributed by atoms with van der Waals surface area (Å²) in [6, 6.07) is 4.15. The Balaban J connectivity index is 2.36. The predicted octanol–water partition coefficient (Wildman–Crippen LogP) is 3.74. The molecule has 0 unspecified atom stereocenters. The van der Waals surface area contributed by atoms with Gasteiger partial charge in [-0.25, -0.2) is 17.9 Å². The standard InChI is InChI=1S/C20H26N4O4S/c1-11(2)16-7-13(5)8-17(12(3)4)19(16)22-20(26)24-29(27,28)15-9-18(14(6)25)23-21-10-15/h7-12H,1-6H3,(H2,22,24,26). The molecule has 0 fully saturated rings. The van der Waals surface area contributed by atoms with E-state index in [9.17, 15) is 18.0 Å². The first-order chi connectivity index (χ1) is 13.4. The topological polar surface area (TPSA) is 118 Å². The van der Waals surface area contributed by atoms with Crippen LogP contribution >= 0.6 is 0 Å². The molecule has 0 radical (unpaired) electrons. The van der Waals surface area contributed by atoms with Crippen LogP contribution < -0.4 is 10.0 Å². The molecule has 1 aromatic carbocycles. The molecule has 0 atom stereocenters. The number of Topliss-reactive ketones (excluding diaryl/α,β-unsaturated/α-hetero) is 1. The smallest absolute Gasteiger partial charge is 0.307 e. The molecule has 2 aromatic rings. The number of nitrogens with zero attached hydrogens (tertiary/aromatic N) is 2. The number of anilines is 1. The fraction of sp³-hybridized carbons (Fsp3) is 0.400. The maximum absolute atomic E-state index is 12.6. The molecular weight excluding hydrogens is 392 g/mol. The van der Waals surface area contributed by atoms with E-state index in [2.05, 4.69) is 15.5 Å². The fourth-order valence-corrected chi connectivity index (χ4v) is 3.75. The molecule has 29 heavy (non-hydrogen) atoms. The molecule has 0 saturated carbocycles. The van der Waals surface area contributed by atoms with Gasteiger partial charge in [0.25, 0.3) is 10.0 Å². The second kappa shape index (κ2) is 8.69. The van der Waals surface area contributed by atoms with Crippen LogP contribution in [0.4, 0.5) is 10.5 Å². The van der Waals surface area contributed by atoms with Crippen molar-refractivity contribution >= 4 is 27.5 Å². The van der Waals surface area contributed by atoms with Gasteiger partial charge in [-0.3, -0.25) is 4.79 Å². The molecular formula is C20H26N4O4S. The van der Waals surface area contributed by atoms with Crippen LogP contribution in [0.1, 0.15) is 73.6 Å². The number of aryl methyl sites for hydroxylation is 1. The Labute approximate surface area is 171 Å². The minimum absolute atomic E-state index is 0.101. The summed E-state index contributed by atoms with van der Waals surface area (Å²) in [5, 5.41) is 9.80. The van der Waals surface area contributed by atoms with Gasteiger partial charge in [0.2, 0.25) is 0 Å². The van der Waals surface area contributed by atoms with E-state index in [1.54, 1.807) is 0 Å². The Hall–Kier alpha value is -2.81. The Morgan fingerprint density at radius 2 is 1.55 bits per heavy atom. The van der Waals surface area contributed by atoms with Crippen molar-refractivity contribution in [1.82, 2.24) is 14.9 Å². The zero-order valence-electron chi connectivity index (χ0n) is 17.4. The maximum atomic E-state index is 12.6. The van der Waals surface area contributed by atoms with Crippen molar-refractivity contribution in [3.8, 4) is 0 Å². The average molecular weight is 419 g/mol. The van der Waals surface area contributed by atoms with Gasteiger partial charge in [-0.15, -0.1) is 5.10 Å². The van der Waals surface area contributed by atoms with Gasteiger partial charge in [-0.05, 0) is 36.0 Å². The second-order valence-electron chi connectivity index (χ2n) is 7.52. The highest BCUT2D eigenvalue weighted by Gasteiger charge is 2.22. The van der Waals surface area contributed by atoms with E-state index < -0.39 is 21.8 Å². The summed E-state index contributed by atoms with van der Waals surface area (Å²) >= 11 is 0. The van der Waals surface area contributed by atoms with Crippen LogP contribution in [0, 0.1) is 6.92 Å². The molecule has 0 saturated heterocycles. The number of aromatic nitrogens is 2. The summed E-state index contributed by atoms with van der Waals surface area (Å²) in [7, 11) is -4.23. The largest absolute Gasteiger partial charge is 0.333 e. The van der Waals surface area contributed by atoms with Crippen LogP contribution in [0.25, 0.3) is 0 Å². The molecule has 0 aliphatic rings. The maximum Gasteiger partial charge on any atom is 0.333 e. The first-order valence-electron chi connectivity index (χ1n) is 9.24. The summed E-state index contributed by atoms with van der Waals surface area (Å²) in [5.41, 5.74) is 3.41. The average Bonchev–Trinajstić information content (AvgIpc) is 2.62. The van der Waals surface area contributed by atoms with Crippen molar-refractivity contribution in [2.24, 2.45) is 0 Å². The normalized spacial score (nSPS) is 11.6. The van der Waals surface area contributed by atoms with Gasteiger partial charge in [0, 0.05) is 12.6 Å². The number of ketones is 1.